The quantitative estimate of drug-likeness (QED) is 0.668. The number of benzene rings is 1. The van der Waals surface area contributed by atoms with E-state index in [4.69, 9.17) is 21.1 Å². The lowest BCUT2D eigenvalue weighted by Crippen LogP contribution is -2.39. The summed E-state index contributed by atoms with van der Waals surface area (Å²) in [7, 11) is 3.43. The van der Waals surface area contributed by atoms with E-state index in [1.54, 1.807) is 14.2 Å². The predicted molar refractivity (Wildman–Crippen MR) is 84.3 cm³/mol. The van der Waals surface area contributed by atoms with Crippen LogP contribution in [0.4, 0.5) is 5.69 Å². The van der Waals surface area contributed by atoms with Gasteiger partial charge in [0.25, 0.3) is 0 Å². The van der Waals surface area contributed by atoms with Crippen LogP contribution in [0, 0.1) is 0 Å². The van der Waals surface area contributed by atoms with Crippen molar-refractivity contribution < 1.29 is 9.47 Å². The third-order valence-electron chi connectivity index (χ3n) is 2.97. The summed E-state index contributed by atoms with van der Waals surface area (Å²) in [6.45, 7) is 4.29. The van der Waals surface area contributed by atoms with Gasteiger partial charge in [0.1, 0.15) is 0 Å². The van der Waals surface area contributed by atoms with Crippen molar-refractivity contribution in [3.63, 3.8) is 0 Å². The number of methoxy groups -OCH3 is 2. The van der Waals surface area contributed by atoms with Gasteiger partial charge in [-0.1, -0.05) is 15.9 Å². The third kappa shape index (κ3) is 4.95. The van der Waals surface area contributed by atoms with Gasteiger partial charge in [-0.2, -0.15) is 0 Å². The summed E-state index contributed by atoms with van der Waals surface area (Å²) in [5.74, 6) is 0.484. The molecule has 5 heteroatoms. The Morgan fingerprint density at radius 1 is 1.32 bits per heavy atom. The second-order valence-corrected chi connectivity index (χ2v) is 5.58. The Morgan fingerprint density at radius 3 is 2.63 bits per heavy atom. The Kier molecular flexibility index (Phi) is 7.76. The molecule has 0 N–H and O–H groups in total. The molecule has 0 saturated heterocycles. The second-order valence-electron chi connectivity index (χ2n) is 4.40. The number of halogens is 2. The van der Waals surface area contributed by atoms with Crippen LogP contribution in [0.15, 0.2) is 22.7 Å². The summed E-state index contributed by atoms with van der Waals surface area (Å²) >= 11 is 9.53. The van der Waals surface area contributed by atoms with Crippen molar-refractivity contribution in [1.82, 2.24) is 0 Å². The highest BCUT2D eigenvalue weighted by Gasteiger charge is 2.17. The molecule has 108 valence electrons. The van der Waals surface area contributed by atoms with E-state index in [1.807, 2.05) is 6.07 Å². The van der Waals surface area contributed by atoms with Crippen LogP contribution in [0.5, 0.6) is 0 Å². The summed E-state index contributed by atoms with van der Waals surface area (Å²) in [5.41, 5.74) is 2.25. The standard InChI is InChI=1S/C14H21BrClNO2/c1-11(10-19-3)17(6-7-18-2)14-5-4-13(15)8-12(14)9-16/h4-5,8,11H,6-7,9-10H2,1-3H3. The predicted octanol–water partition coefficient (Wildman–Crippen LogP) is 3.68. The van der Waals surface area contributed by atoms with Crippen molar-refractivity contribution in [1.29, 1.82) is 0 Å². The molecular formula is C14H21BrClNO2. The van der Waals surface area contributed by atoms with Gasteiger partial charge in [-0.05, 0) is 30.7 Å². The van der Waals surface area contributed by atoms with E-state index in [9.17, 15) is 0 Å². The van der Waals surface area contributed by atoms with Crippen molar-refractivity contribution in [3.8, 4) is 0 Å². The first-order valence-electron chi connectivity index (χ1n) is 6.23. The Bertz CT molecular complexity index is 390. The molecule has 3 nitrogen and oxygen atoms in total. The molecule has 0 spiro atoms. The highest BCUT2D eigenvalue weighted by atomic mass is 79.9. The van der Waals surface area contributed by atoms with Gasteiger partial charge in [-0.25, -0.2) is 0 Å². The van der Waals surface area contributed by atoms with Crippen LogP contribution in [-0.2, 0) is 15.4 Å². The molecule has 19 heavy (non-hydrogen) atoms. The topological polar surface area (TPSA) is 21.7 Å². The van der Waals surface area contributed by atoms with Gasteiger partial charge in [-0.15, -0.1) is 11.6 Å². The Hall–Kier alpha value is -0.290. The largest absolute Gasteiger partial charge is 0.383 e. The maximum absolute atomic E-state index is 6.05. The van der Waals surface area contributed by atoms with E-state index >= 15 is 0 Å². The van der Waals surface area contributed by atoms with Crippen LogP contribution in [0.25, 0.3) is 0 Å². The zero-order valence-electron chi connectivity index (χ0n) is 11.7. The van der Waals surface area contributed by atoms with Gasteiger partial charge in [0.15, 0.2) is 0 Å². The smallest absolute Gasteiger partial charge is 0.0663 e. The molecule has 0 amide bonds. The Balaban J connectivity index is 3.01. The van der Waals surface area contributed by atoms with E-state index in [2.05, 4.69) is 39.9 Å². The van der Waals surface area contributed by atoms with Crippen molar-refractivity contribution >= 4 is 33.2 Å². The lowest BCUT2D eigenvalue weighted by molar-refractivity contribution is 0.171. The van der Waals surface area contributed by atoms with E-state index in [1.165, 1.54) is 0 Å². The van der Waals surface area contributed by atoms with Gasteiger partial charge in [0, 0.05) is 42.8 Å². The molecule has 1 aromatic rings. The SMILES string of the molecule is COCCN(c1ccc(Br)cc1CCl)C(C)COC. The minimum Gasteiger partial charge on any atom is -0.383 e. The highest BCUT2D eigenvalue weighted by Crippen LogP contribution is 2.27. The molecule has 1 atom stereocenters. The number of ether oxygens (including phenoxy) is 2. The maximum Gasteiger partial charge on any atom is 0.0663 e. The second kappa shape index (κ2) is 8.80. The molecule has 0 aliphatic carbocycles. The molecule has 0 aliphatic heterocycles. The van der Waals surface area contributed by atoms with E-state index < -0.39 is 0 Å². The fourth-order valence-electron chi connectivity index (χ4n) is 2.04. The summed E-state index contributed by atoms with van der Waals surface area (Å²) in [4.78, 5) is 2.27. The summed E-state index contributed by atoms with van der Waals surface area (Å²) < 4.78 is 11.5. The third-order valence-corrected chi connectivity index (χ3v) is 3.75. The zero-order valence-corrected chi connectivity index (χ0v) is 14.0. The Morgan fingerprint density at radius 2 is 2.05 bits per heavy atom. The minimum absolute atomic E-state index is 0.267. The zero-order chi connectivity index (χ0) is 14.3. The minimum atomic E-state index is 0.267. The molecule has 0 aliphatic rings. The lowest BCUT2D eigenvalue weighted by Gasteiger charge is -2.32. The highest BCUT2D eigenvalue weighted by molar-refractivity contribution is 9.10. The number of hydrogen-bond donors (Lipinski definition) is 0. The van der Waals surface area contributed by atoms with Crippen molar-refractivity contribution in [2.45, 2.75) is 18.8 Å². The fraction of sp³-hybridized carbons (Fsp3) is 0.571. The fourth-order valence-corrected chi connectivity index (χ4v) is 2.66. The van der Waals surface area contributed by atoms with Gasteiger partial charge in [0.2, 0.25) is 0 Å². The van der Waals surface area contributed by atoms with Gasteiger partial charge < -0.3 is 14.4 Å². The van der Waals surface area contributed by atoms with Crippen LogP contribution in [-0.4, -0.2) is 40.0 Å². The number of hydrogen-bond acceptors (Lipinski definition) is 3. The molecular weight excluding hydrogens is 330 g/mol. The molecule has 1 aromatic carbocycles. The average Bonchev–Trinajstić information content (AvgIpc) is 2.40. The van der Waals surface area contributed by atoms with Crippen LogP contribution >= 0.6 is 27.5 Å². The Labute approximate surface area is 129 Å². The number of rotatable bonds is 8. The van der Waals surface area contributed by atoms with Crippen molar-refractivity contribution in [2.75, 3.05) is 38.9 Å². The molecule has 0 fully saturated rings. The molecule has 0 heterocycles. The van der Waals surface area contributed by atoms with Crippen molar-refractivity contribution in [3.05, 3.63) is 28.2 Å². The average molecular weight is 351 g/mol. The monoisotopic (exact) mass is 349 g/mol. The van der Waals surface area contributed by atoms with Crippen LogP contribution in [0.1, 0.15) is 12.5 Å². The first-order valence-corrected chi connectivity index (χ1v) is 7.55. The van der Waals surface area contributed by atoms with Gasteiger partial charge >= 0.3 is 0 Å². The van der Waals surface area contributed by atoms with E-state index in [0.717, 1.165) is 22.3 Å². The molecule has 0 aromatic heterocycles. The number of nitrogens with zero attached hydrogens (tertiary/aromatic N) is 1. The maximum atomic E-state index is 6.05. The molecule has 1 rings (SSSR count). The molecule has 0 saturated carbocycles. The molecule has 1 unspecified atom stereocenters. The number of anilines is 1. The first-order chi connectivity index (χ1) is 9.13. The lowest BCUT2D eigenvalue weighted by atomic mass is 10.1. The van der Waals surface area contributed by atoms with Crippen molar-refractivity contribution in [2.24, 2.45) is 0 Å². The van der Waals surface area contributed by atoms with Gasteiger partial charge in [0.05, 0.1) is 13.2 Å². The summed E-state index contributed by atoms with van der Waals surface area (Å²) in [5, 5.41) is 0. The molecule has 0 radical (unpaired) electrons. The van der Waals surface area contributed by atoms with Crippen LogP contribution < -0.4 is 4.90 Å². The van der Waals surface area contributed by atoms with Gasteiger partial charge in [-0.3, -0.25) is 0 Å². The van der Waals surface area contributed by atoms with E-state index in [-0.39, 0.29) is 6.04 Å². The first kappa shape index (κ1) is 16.8. The van der Waals surface area contributed by atoms with E-state index in [0.29, 0.717) is 19.1 Å². The normalized spacial score (nSPS) is 12.5. The molecule has 0 bridgehead atoms. The van der Waals surface area contributed by atoms with Crippen LogP contribution in [0.2, 0.25) is 0 Å². The van der Waals surface area contributed by atoms with Crippen LogP contribution in [0.3, 0.4) is 0 Å². The summed E-state index contributed by atoms with van der Waals surface area (Å²) in [6, 6.07) is 6.44. The summed E-state index contributed by atoms with van der Waals surface area (Å²) in [6.07, 6.45) is 0. The number of alkyl halides is 1.